The van der Waals surface area contributed by atoms with Crippen LogP contribution in [0.25, 0.3) is 0 Å². The summed E-state index contributed by atoms with van der Waals surface area (Å²) in [5.41, 5.74) is 24.9. The zero-order chi connectivity index (χ0) is 26.7. The molecule has 0 aliphatic rings. The van der Waals surface area contributed by atoms with Gasteiger partial charge in [0.1, 0.15) is 0 Å². The second-order valence-corrected chi connectivity index (χ2v) is 10.8. The largest absolute Gasteiger partial charge is 0.399 e. The zero-order valence-electron chi connectivity index (χ0n) is 23.3. The Labute approximate surface area is 230 Å². The average molecular weight is 505 g/mol. The van der Waals surface area contributed by atoms with Gasteiger partial charge in [0.05, 0.1) is 0 Å². The van der Waals surface area contributed by atoms with E-state index in [1.807, 2.05) is 0 Å². The molecule has 0 aliphatic heterocycles. The van der Waals surface area contributed by atoms with Crippen LogP contribution in [0.1, 0.15) is 84.0 Å². The molecule has 0 amide bonds. The maximum absolute atomic E-state index is 6.13. The van der Waals surface area contributed by atoms with Gasteiger partial charge in [0, 0.05) is 11.4 Å². The Morgan fingerprint density at radius 2 is 0.763 bits per heavy atom. The molecule has 0 aliphatic carbocycles. The van der Waals surface area contributed by atoms with Crippen LogP contribution >= 0.6 is 0 Å². The highest BCUT2D eigenvalue weighted by Gasteiger charge is 2.05. The smallest absolute Gasteiger partial charge is 0.0346 e. The van der Waals surface area contributed by atoms with E-state index in [1.54, 1.807) is 0 Å². The molecule has 0 aromatic heterocycles. The van der Waals surface area contributed by atoms with Crippen LogP contribution in [-0.2, 0) is 38.5 Å². The number of aryl methyl sites for hydroxylation is 4. The van der Waals surface area contributed by atoms with Crippen LogP contribution in [0, 0.1) is 0 Å². The van der Waals surface area contributed by atoms with Crippen molar-refractivity contribution in [3.63, 3.8) is 0 Å². The van der Waals surface area contributed by atoms with Crippen LogP contribution in [0.4, 0.5) is 11.4 Å². The molecule has 4 N–H and O–H groups in total. The molecular formula is C36H44N2. The highest BCUT2D eigenvalue weighted by molar-refractivity contribution is 5.50. The van der Waals surface area contributed by atoms with E-state index in [0.717, 1.165) is 62.7 Å². The quantitative estimate of drug-likeness (QED) is 0.142. The minimum absolute atomic E-state index is 0.918. The topological polar surface area (TPSA) is 52.0 Å². The Balaban J connectivity index is 1.21. The lowest BCUT2D eigenvalue weighted by atomic mass is 9.97. The molecule has 4 aromatic carbocycles. The Hall–Kier alpha value is -3.52. The predicted octanol–water partition coefficient (Wildman–Crippen LogP) is 8.50. The van der Waals surface area contributed by atoms with Gasteiger partial charge in [-0.05, 0) is 108 Å². The van der Waals surface area contributed by atoms with Crippen molar-refractivity contribution in [2.45, 2.75) is 78.1 Å². The zero-order valence-corrected chi connectivity index (χ0v) is 23.3. The first kappa shape index (κ1) is 27.5. The molecule has 0 saturated carbocycles. The highest BCUT2D eigenvalue weighted by Crippen LogP contribution is 2.21. The third-order valence-electron chi connectivity index (χ3n) is 7.50. The van der Waals surface area contributed by atoms with Gasteiger partial charge in [-0.1, -0.05) is 99.5 Å². The van der Waals surface area contributed by atoms with Crippen LogP contribution in [0.3, 0.4) is 0 Å². The van der Waals surface area contributed by atoms with Crippen molar-refractivity contribution in [1.82, 2.24) is 0 Å². The van der Waals surface area contributed by atoms with E-state index in [4.69, 9.17) is 11.5 Å². The molecule has 0 atom stereocenters. The third-order valence-corrected chi connectivity index (χ3v) is 7.50. The van der Waals surface area contributed by atoms with E-state index in [1.165, 1.54) is 57.3 Å². The summed E-state index contributed by atoms with van der Waals surface area (Å²) >= 11 is 0. The summed E-state index contributed by atoms with van der Waals surface area (Å²) in [5.74, 6) is 0. The molecule has 198 valence electrons. The van der Waals surface area contributed by atoms with E-state index < -0.39 is 0 Å². The molecule has 0 saturated heterocycles. The van der Waals surface area contributed by atoms with Gasteiger partial charge in [-0.25, -0.2) is 0 Å². The van der Waals surface area contributed by atoms with Gasteiger partial charge in [0.2, 0.25) is 0 Å². The normalized spacial score (nSPS) is 11.1. The van der Waals surface area contributed by atoms with Gasteiger partial charge in [-0.3, -0.25) is 0 Å². The lowest BCUT2D eigenvalue weighted by Gasteiger charge is -2.09. The molecular weight excluding hydrogens is 460 g/mol. The summed E-state index contributed by atoms with van der Waals surface area (Å²) in [6.07, 6.45) is 11.0. The summed E-state index contributed by atoms with van der Waals surface area (Å²) in [6.45, 7) is 4.40. The number of nitrogens with two attached hydrogens (primary N) is 2. The fourth-order valence-corrected chi connectivity index (χ4v) is 5.29. The fraction of sp³-hybridized carbons (Fsp3) is 0.333. The molecule has 4 rings (SSSR count). The Morgan fingerprint density at radius 3 is 1.13 bits per heavy atom. The van der Waals surface area contributed by atoms with Crippen molar-refractivity contribution in [3.8, 4) is 0 Å². The van der Waals surface area contributed by atoms with Crippen molar-refractivity contribution in [3.05, 3.63) is 129 Å². The second-order valence-electron chi connectivity index (χ2n) is 10.8. The van der Waals surface area contributed by atoms with Crippen molar-refractivity contribution in [2.24, 2.45) is 0 Å². The van der Waals surface area contributed by atoms with Crippen molar-refractivity contribution >= 4 is 11.4 Å². The van der Waals surface area contributed by atoms with E-state index in [9.17, 15) is 0 Å². The SMILES string of the molecule is CCCc1cc(Cc2ccc(CCCCc3ccc(Cc4ccc(N)c(CCC)c4)cc3)cc2)ccc1N. The van der Waals surface area contributed by atoms with Gasteiger partial charge in [0.25, 0.3) is 0 Å². The summed E-state index contributed by atoms with van der Waals surface area (Å²) < 4.78 is 0. The monoisotopic (exact) mass is 504 g/mol. The van der Waals surface area contributed by atoms with Gasteiger partial charge in [0.15, 0.2) is 0 Å². The van der Waals surface area contributed by atoms with Gasteiger partial charge < -0.3 is 11.5 Å². The van der Waals surface area contributed by atoms with Crippen molar-refractivity contribution < 1.29 is 0 Å². The lowest BCUT2D eigenvalue weighted by Crippen LogP contribution is -1.97. The van der Waals surface area contributed by atoms with Crippen molar-refractivity contribution in [2.75, 3.05) is 11.5 Å². The molecule has 38 heavy (non-hydrogen) atoms. The van der Waals surface area contributed by atoms with Crippen LogP contribution in [-0.4, -0.2) is 0 Å². The first-order valence-corrected chi connectivity index (χ1v) is 14.4. The minimum atomic E-state index is 0.918. The van der Waals surface area contributed by atoms with E-state index in [2.05, 4.69) is 98.8 Å². The van der Waals surface area contributed by atoms with Crippen molar-refractivity contribution in [1.29, 1.82) is 0 Å². The summed E-state index contributed by atoms with van der Waals surface area (Å²) in [7, 11) is 0. The third kappa shape index (κ3) is 7.99. The average Bonchev–Trinajstić information content (AvgIpc) is 2.92. The van der Waals surface area contributed by atoms with E-state index in [-0.39, 0.29) is 0 Å². The van der Waals surface area contributed by atoms with Crippen LogP contribution in [0.15, 0.2) is 84.9 Å². The Bertz CT molecular complexity index is 1180. The molecule has 0 bridgehead atoms. The number of hydrogen-bond donors (Lipinski definition) is 2. The molecule has 0 heterocycles. The highest BCUT2D eigenvalue weighted by atomic mass is 14.6. The fourth-order valence-electron chi connectivity index (χ4n) is 5.29. The standard InChI is InChI=1S/C36H44N2/c1-3-7-33-25-31(19-21-35(33)37)23-29-15-11-27(12-16-29)9-5-6-10-28-13-17-30(18-14-28)24-32-20-22-36(38)34(26-32)8-4-2/h11-22,25-26H,3-10,23-24,37-38H2,1-2H3. The van der Waals surface area contributed by atoms with E-state index in [0.29, 0.717) is 0 Å². The number of unbranched alkanes of at least 4 members (excludes halogenated alkanes) is 1. The lowest BCUT2D eigenvalue weighted by molar-refractivity contribution is 0.734. The summed E-state index contributed by atoms with van der Waals surface area (Å²) in [5, 5.41) is 0. The number of hydrogen-bond acceptors (Lipinski definition) is 2. The second kappa shape index (κ2) is 13.9. The Kier molecular flexibility index (Phi) is 10.0. The summed E-state index contributed by atoms with van der Waals surface area (Å²) in [4.78, 5) is 0. The number of nitrogen functional groups attached to an aromatic ring is 2. The van der Waals surface area contributed by atoms with E-state index >= 15 is 0 Å². The number of benzene rings is 4. The first-order chi connectivity index (χ1) is 18.5. The molecule has 0 spiro atoms. The van der Waals surface area contributed by atoms with Crippen LogP contribution in [0.5, 0.6) is 0 Å². The molecule has 2 heteroatoms. The predicted molar refractivity (Wildman–Crippen MR) is 165 cm³/mol. The maximum Gasteiger partial charge on any atom is 0.0346 e. The number of rotatable bonds is 13. The van der Waals surface area contributed by atoms with Gasteiger partial charge >= 0.3 is 0 Å². The Morgan fingerprint density at radius 1 is 0.421 bits per heavy atom. The molecule has 0 unspecified atom stereocenters. The first-order valence-electron chi connectivity index (χ1n) is 14.4. The van der Waals surface area contributed by atoms with Gasteiger partial charge in [-0.15, -0.1) is 0 Å². The molecule has 0 radical (unpaired) electrons. The molecule has 4 aromatic rings. The summed E-state index contributed by atoms with van der Waals surface area (Å²) in [6, 6.07) is 31.4. The number of anilines is 2. The maximum atomic E-state index is 6.13. The molecule has 0 fully saturated rings. The van der Waals surface area contributed by atoms with Crippen LogP contribution in [0.2, 0.25) is 0 Å². The van der Waals surface area contributed by atoms with Crippen LogP contribution < -0.4 is 11.5 Å². The van der Waals surface area contributed by atoms with Gasteiger partial charge in [-0.2, -0.15) is 0 Å². The molecule has 2 nitrogen and oxygen atoms in total. The minimum Gasteiger partial charge on any atom is -0.399 e.